The first-order chi connectivity index (χ1) is 47.1. The second-order valence-corrected chi connectivity index (χ2v) is 39.1. The number of benzene rings is 1. The van der Waals surface area contributed by atoms with Gasteiger partial charge in [0, 0.05) is 118 Å². The molecule has 3 rings (SSSR count). The number of aliphatic hydroxyl groups is 2. The van der Waals surface area contributed by atoms with Crippen LogP contribution in [0.25, 0.3) is 0 Å². The monoisotopic (exact) mass is 1510 g/mol. The molecule has 0 aliphatic carbocycles. The van der Waals surface area contributed by atoms with Crippen LogP contribution in [-0.2, 0) is 86.2 Å². The molecule has 29 heteroatoms. The number of ether oxygens (including phenoxy) is 7. The predicted molar refractivity (Wildman–Crippen MR) is 402 cm³/mol. The van der Waals surface area contributed by atoms with Crippen LogP contribution in [0.4, 0.5) is 0 Å². The number of carbonyl (C=O) groups excluding carboxylic acids is 4. The van der Waals surface area contributed by atoms with E-state index in [4.69, 9.17) is 51.3 Å². The number of esters is 4. The van der Waals surface area contributed by atoms with Crippen molar-refractivity contribution >= 4 is 39.1 Å². The maximum Gasteiger partial charge on any atom is 0.345 e. The highest BCUT2D eigenvalue weighted by atomic mass is 31.2. The molecule has 103 heavy (non-hydrogen) atoms. The molecule has 2 saturated heterocycles. The van der Waals surface area contributed by atoms with Crippen molar-refractivity contribution in [1.82, 2.24) is 39.2 Å². The highest BCUT2D eigenvalue weighted by molar-refractivity contribution is 7.54. The molecule has 0 aromatic heterocycles. The highest BCUT2D eigenvalue weighted by Crippen LogP contribution is 2.56. The Morgan fingerprint density at radius 3 is 0.816 bits per heavy atom. The first kappa shape index (κ1) is 94.1. The molecule has 2 aliphatic heterocycles. The Bertz CT molecular complexity index is 2460. The van der Waals surface area contributed by atoms with Crippen molar-refractivity contribution in [2.75, 3.05) is 183 Å². The van der Waals surface area contributed by atoms with Crippen LogP contribution < -0.4 is 0 Å². The van der Waals surface area contributed by atoms with Crippen LogP contribution in [0.2, 0.25) is 0 Å². The minimum absolute atomic E-state index is 0.0190. The second-order valence-electron chi connectivity index (χ2n) is 35.4. The molecule has 0 saturated carbocycles. The third-order valence-electron chi connectivity index (χ3n) is 14.8. The maximum absolute atomic E-state index is 14.8. The summed E-state index contributed by atoms with van der Waals surface area (Å²) in [7, 11) is -7.55. The summed E-state index contributed by atoms with van der Waals surface area (Å²) in [5.41, 5.74) is -5.14. The predicted octanol–water partition coefficient (Wildman–Crippen LogP) is 8.70. The van der Waals surface area contributed by atoms with Crippen molar-refractivity contribution in [2.24, 2.45) is 0 Å². The summed E-state index contributed by atoms with van der Waals surface area (Å²) in [5, 5.41) is 23.7. The van der Waals surface area contributed by atoms with Gasteiger partial charge in [-0.05, 0) is 172 Å². The van der Waals surface area contributed by atoms with E-state index >= 15 is 0 Å². The fourth-order valence-corrected chi connectivity index (χ4v) is 16.5. The molecule has 0 spiro atoms. The minimum Gasteiger partial charge on any atom is -0.459 e. The van der Waals surface area contributed by atoms with Gasteiger partial charge in [-0.1, -0.05) is 30.3 Å². The lowest BCUT2D eigenvalue weighted by molar-refractivity contribution is -0.157. The van der Waals surface area contributed by atoms with E-state index < -0.39 is 102 Å². The average Bonchev–Trinajstić information content (AvgIpc) is 0.829. The lowest BCUT2D eigenvalue weighted by Crippen LogP contribution is -2.50. The molecule has 0 amide bonds. The Labute approximate surface area is 620 Å². The molecular formula is C74H140N8O19P2. The smallest absolute Gasteiger partial charge is 0.345 e. The summed E-state index contributed by atoms with van der Waals surface area (Å²) < 4.78 is 96.7. The molecular weight excluding hydrogens is 1370 g/mol. The summed E-state index contributed by atoms with van der Waals surface area (Å²) in [4.78, 5) is 70.3. The fourth-order valence-electron chi connectivity index (χ4n) is 11.3. The molecule has 0 bridgehead atoms. The Morgan fingerprint density at radius 2 is 0.583 bits per heavy atom. The van der Waals surface area contributed by atoms with E-state index in [1.165, 1.54) is 0 Å². The maximum atomic E-state index is 14.8. The summed E-state index contributed by atoms with van der Waals surface area (Å²) in [6.07, 6.45) is -2.68. The van der Waals surface area contributed by atoms with Crippen LogP contribution >= 0.6 is 15.2 Å². The van der Waals surface area contributed by atoms with Gasteiger partial charge < -0.3 is 61.5 Å². The van der Waals surface area contributed by atoms with Crippen LogP contribution in [0.3, 0.4) is 0 Å². The molecule has 1 aromatic carbocycles. The molecule has 2 N–H and O–H groups in total. The average molecular weight is 1510 g/mol. The molecule has 2 unspecified atom stereocenters. The second kappa shape index (κ2) is 42.2. The molecule has 2 fully saturated rings. The minimum atomic E-state index is -3.77. The molecule has 2 atom stereocenters. The van der Waals surface area contributed by atoms with Gasteiger partial charge in [-0.25, -0.2) is 0 Å². The SMILES string of the molecule is CC(C)(C)OC(=O)CN1CCN(CC(O)COCC(COCC(O)CN2CCN(CC(=O)OC(C)(C)C)CCN(CP(=O)(OC(C)(C)C)OC(C)(C)C)CCN(CC(=O)OC(C)(C)C)CC2)OCc2ccccc2)CCN(CC(=O)OC(C)(C)C)CCN(CP(=O)(OC(C)(C)C)OC(C)(C)C)CC1. The van der Waals surface area contributed by atoms with Gasteiger partial charge in [0.05, 0.1) is 93.8 Å². The lowest BCUT2D eigenvalue weighted by atomic mass is 10.2. The van der Waals surface area contributed by atoms with E-state index in [0.29, 0.717) is 105 Å². The fraction of sp³-hybridized carbons (Fsp3) is 0.865. The molecule has 0 radical (unpaired) electrons. The van der Waals surface area contributed by atoms with Crippen LogP contribution in [0.15, 0.2) is 30.3 Å². The van der Waals surface area contributed by atoms with Gasteiger partial charge in [0.2, 0.25) is 0 Å². The van der Waals surface area contributed by atoms with Crippen LogP contribution in [0.5, 0.6) is 0 Å². The lowest BCUT2D eigenvalue weighted by Gasteiger charge is -2.37. The quantitative estimate of drug-likeness (QED) is 0.0399. The number of hydrogen-bond acceptors (Lipinski definition) is 27. The number of β-amino-alcohol motifs (C(OH)–C–C–N with tert-alkyl or cyclic N) is 2. The number of aliphatic hydroxyl groups excluding tert-OH is 2. The number of rotatable bonds is 31. The number of nitrogens with zero attached hydrogens (tertiary/aromatic N) is 8. The van der Waals surface area contributed by atoms with Gasteiger partial charge in [-0.3, -0.25) is 67.5 Å². The van der Waals surface area contributed by atoms with Crippen molar-refractivity contribution < 1.29 is 89.8 Å². The largest absolute Gasteiger partial charge is 0.459 e. The van der Waals surface area contributed by atoms with Crippen molar-refractivity contribution in [1.29, 1.82) is 0 Å². The third-order valence-corrected chi connectivity index (χ3v) is 19.6. The number of carbonyl (C=O) groups is 4. The summed E-state index contributed by atoms with van der Waals surface area (Å²) in [6, 6.07) is 9.68. The topological polar surface area (TPSA) is 270 Å². The Balaban J connectivity index is 1.89. The molecule has 27 nitrogen and oxygen atoms in total. The van der Waals surface area contributed by atoms with E-state index in [2.05, 4.69) is 9.80 Å². The standard InChI is InChI=1S/C74H140N8O19P2/c1-67(2,3)94-63(85)48-77-34-30-75(31-35-78(49-64(86)95-68(4,5)6)39-43-81(42-38-77)57-102(89,98-71(13,14)15)99-72(16,17)18)46-60(83)53-91-55-62(93-52-59-28-26-25-27-29-59)56-92-54-61(84)47-76-32-36-79(50-65(87)96-69(7,8)9)40-44-82(58-103(90,100-73(19,20)21)101-74(22,23)24)45-41-80(37-33-76)51-66(88)97-70(10,11)12/h25-29,60-62,83-84H,30-58H2,1-24H3. The summed E-state index contributed by atoms with van der Waals surface area (Å²) >= 11 is 0. The first-order valence-corrected chi connectivity index (χ1v) is 40.4. The Kier molecular flexibility index (Phi) is 38.5. The van der Waals surface area contributed by atoms with Gasteiger partial charge in [0.25, 0.3) is 0 Å². The highest BCUT2D eigenvalue weighted by Gasteiger charge is 2.40. The van der Waals surface area contributed by atoms with Gasteiger partial charge >= 0.3 is 39.1 Å². The Hall–Kier alpha value is -3.12. The number of hydrogen-bond donors (Lipinski definition) is 2. The van der Waals surface area contributed by atoms with E-state index in [0.717, 1.165) is 5.56 Å². The van der Waals surface area contributed by atoms with Crippen LogP contribution in [0, 0.1) is 0 Å². The van der Waals surface area contributed by atoms with Crippen molar-refractivity contribution in [3.63, 3.8) is 0 Å². The van der Waals surface area contributed by atoms with Crippen molar-refractivity contribution in [3.05, 3.63) is 35.9 Å². The third kappa shape index (κ3) is 47.4. The molecule has 2 heterocycles. The zero-order valence-corrected chi connectivity index (χ0v) is 69.7. The van der Waals surface area contributed by atoms with Gasteiger partial charge in [0.1, 0.15) is 41.1 Å². The normalized spacial score (nSPS) is 18.9. The molecule has 1 aromatic rings. The molecule has 2 aliphatic rings. The van der Waals surface area contributed by atoms with Crippen LogP contribution in [-0.4, -0.2) is 319 Å². The van der Waals surface area contributed by atoms with Gasteiger partial charge in [-0.2, -0.15) is 0 Å². The zero-order chi connectivity index (χ0) is 78.1. The van der Waals surface area contributed by atoms with E-state index in [9.17, 15) is 38.5 Å². The van der Waals surface area contributed by atoms with Crippen molar-refractivity contribution in [2.45, 2.75) is 236 Å². The van der Waals surface area contributed by atoms with E-state index in [-0.39, 0.29) is 84.9 Å². The van der Waals surface area contributed by atoms with E-state index in [1.807, 2.05) is 226 Å². The zero-order valence-electron chi connectivity index (χ0n) is 67.9. The Morgan fingerprint density at radius 1 is 0.350 bits per heavy atom. The van der Waals surface area contributed by atoms with Gasteiger partial charge in [0.15, 0.2) is 0 Å². The van der Waals surface area contributed by atoms with Crippen LogP contribution in [0.1, 0.15) is 172 Å². The first-order valence-electron chi connectivity index (χ1n) is 36.9. The summed E-state index contributed by atoms with van der Waals surface area (Å²) in [5.74, 6) is -1.59. The van der Waals surface area contributed by atoms with Gasteiger partial charge in [-0.15, -0.1) is 0 Å². The summed E-state index contributed by atoms with van der Waals surface area (Å²) in [6.45, 7) is 50.5. The van der Waals surface area contributed by atoms with E-state index in [1.54, 1.807) is 0 Å². The molecule has 600 valence electrons. The van der Waals surface area contributed by atoms with Crippen molar-refractivity contribution in [3.8, 4) is 0 Å².